The molecule has 0 amide bonds. The first-order chi connectivity index (χ1) is 6.77. The van der Waals surface area contributed by atoms with Crippen LogP contribution in [0.25, 0.3) is 0 Å². The van der Waals surface area contributed by atoms with E-state index >= 15 is 0 Å². The van der Waals surface area contributed by atoms with E-state index in [9.17, 15) is 5.26 Å². The molecule has 2 heterocycles. The zero-order valence-corrected chi connectivity index (χ0v) is 8.84. The van der Waals surface area contributed by atoms with Crippen molar-refractivity contribution in [3.05, 3.63) is 23.5 Å². The third-order valence-corrected chi connectivity index (χ3v) is 3.90. The van der Waals surface area contributed by atoms with Gasteiger partial charge in [0.05, 0.1) is 18.0 Å². The molecule has 1 saturated heterocycles. The Morgan fingerprint density at radius 1 is 1.64 bits per heavy atom. The van der Waals surface area contributed by atoms with Crippen molar-refractivity contribution in [3.63, 3.8) is 0 Å². The van der Waals surface area contributed by atoms with Crippen molar-refractivity contribution >= 4 is 11.8 Å². The van der Waals surface area contributed by atoms with Gasteiger partial charge in [0.15, 0.2) is 0 Å². The van der Waals surface area contributed by atoms with Gasteiger partial charge in [0.1, 0.15) is 4.75 Å². The molecule has 2 rings (SSSR count). The van der Waals surface area contributed by atoms with Crippen molar-refractivity contribution < 1.29 is 0 Å². The maximum absolute atomic E-state index is 9.22. The molecule has 72 valence electrons. The van der Waals surface area contributed by atoms with Crippen LogP contribution in [0.15, 0.2) is 12.3 Å². The molecule has 1 aliphatic heterocycles. The van der Waals surface area contributed by atoms with Crippen LogP contribution >= 0.6 is 11.8 Å². The van der Waals surface area contributed by atoms with Gasteiger partial charge in [-0.15, -0.1) is 11.8 Å². The molecule has 1 atom stereocenters. The molecule has 0 N–H and O–H groups in total. The Morgan fingerprint density at radius 2 is 2.50 bits per heavy atom. The molecule has 3 nitrogen and oxygen atoms in total. The van der Waals surface area contributed by atoms with Gasteiger partial charge in [-0.05, 0) is 37.1 Å². The van der Waals surface area contributed by atoms with Gasteiger partial charge in [0.25, 0.3) is 0 Å². The van der Waals surface area contributed by atoms with Crippen molar-refractivity contribution in [1.82, 2.24) is 10.2 Å². The fourth-order valence-electron chi connectivity index (χ4n) is 1.65. The van der Waals surface area contributed by atoms with Gasteiger partial charge in [-0.2, -0.15) is 15.5 Å². The summed E-state index contributed by atoms with van der Waals surface area (Å²) >= 11 is 1.69. The van der Waals surface area contributed by atoms with E-state index in [1.165, 1.54) is 0 Å². The lowest BCUT2D eigenvalue weighted by Crippen LogP contribution is -2.18. The van der Waals surface area contributed by atoms with Crippen molar-refractivity contribution in [2.45, 2.75) is 24.5 Å². The van der Waals surface area contributed by atoms with E-state index in [0.717, 1.165) is 29.9 Å². The van der Waals surface area contributed by atoms with Gasteiger partial charge in [-0.3, -0.25) is 0 Å². The molecule has 0 radical (unpaired) electrons. The zero-order chi connectivity index (χ0) is 10.0. The number of nitrogens with zero attached hydrogens (tertiary/aromatic N) is 3. The molecule has 1 aromatic heterocycles. The first-order valence-corrected chi connectivity index (χ1v) is 5.60. The lowest BCUT2D eigenvalue weighted by Gasteiger charge is -2.17. The van der Waals surface area contributed by atoms with Crippen LogP contribution in [0, 0.1) is 18.3 Å². The topological polar surface area (TPSA) is 49.6 Å². The monoisotopic (exact) mass is 205 g/mol. The molecule has 1 fully saturated rings. The number of hydrogen-bond acceptors (Lipinski definition) is 4. The minimum absolute atomic E-state index is 0.432. The predicted octanol–water partition coefficient (Wildman–Crippen LogP) is 2.03. The van der Waals surface area contributed by atoms with Crippen LogP contribution in [-0.4, -0.2) is 16.0 Å². The number of hydrogen-bond donors (Lipinski definition) is 0. The fourth-order valence-corrected chi connectivity index (χ4v) is 2.89. The highest BCUT2D eigenvalue weighted by Gasteiger charge is 2.38. The first kappa shape index (κ1) is 9.47. The van der Waals surface area contributed by atoms with Crippen molar-refractivity contribution in [3.8, 4) is 6.07 Å². The lowest BCUT2D eigenvalue weighted by atomic mass is 10.00. The van der Waals surface area contributed by atoms with Gasteiger partial charge in [-0.25, -0.2) is 0 Å². The second-order valence-electron chi connectivity index (χ2n) is 3.51. The summed E-state index contributed by atoms with van der Waals surface area (Å²) in [5.41, 5.74) is 1.89. The average Bonchev–Trinajstić information content (AvgIpc) is 2.67. The molecule has 0 spiro atoms. The molecule has 1 aromatic rings. The summed E-state index contributed by atoms with van der Waals surface area (Å²) < 4.78 is -0.432. The summed E-state index contributed by atoms with van der Waals surface area (Å²) in [6.07, 6.45) is 3.70. The van der Waals surface area contributed by atoms with E-state index in [0.29, 0.717) is 0 Å². The van der Waals surface area contributed by atoms with Crippen LogP contribution in [0.3, 0.4) is 0 Å². The van der Waals surface area contributed by atoms with E-state index in [2.05, 4.69) is 16.3 Å². The highest BCUT2D eigenvalue weighted by Crippen LogP contribution is 2.45. The Bertz CT molecular complexity index is 377. The Labute approximate surface area is 87.5 Å². The summed E-state index contributed by atoms with van der Waals surface area (Å²) in [6.45, 7) is 1.98. The molecule has 0 aromatic carbocycles. The highest BCUT2D eigenvalue weighted by atomic mass is 32.2. The largest absolute Gasteiger partial charge is 0.196 e. The lowest BCUT2D eigenvalue weighted by molar-refractivity contribution is 0.682. The zero-order valence-electron chi connectivity index (χ0n) is 8.03. The van der Waals surface area contributed by atoms with E-state index in [4.69, 9.17) is 0 Å². The second kappa shape index (κ2) is 3.58. The minimum Gasteiger partial charge on any atom is -0.196 e. The van der Waals surface area contributed by atoms with Crippen LogP contribution in [0.2, 0.25) is 0 Å². The maximum atomic E-state index is 9.22. The smallest absolute Gasteiger partial charge is 0.146 e. The third-order valence-electron chi connectivity index (χ3n) is 2.41. The van der Waals surface area contributed by atoms with Gasteiger partial charge in [0, 0.05) is 0 Å². The quantitative estimate of drug-likeness (QED) is 0.704. The fraction of sp³-hybridized carbons (Fsp3) is 0.500. The number of thioether (sulfide) groups is 1. The highest BCUT2D eigenvalue weighted by molar-refractivity contribution is 8.00. The molecule has 0 saturated carbocycles. The molecule has 0 aliphatic carbocycles. The maximum Gasteiger partial charge on any atom is 0.146 e. The number of rotatable bonds is 1. The molecular formula is C10H11N3S. The van der Waals surface area contributed by atoms with Crippen LogP contribution in [0.5, 0.6) is 0 Å². The molecule has 1 unspecified atom stereocenters. The van der Waals surface area contributed by atoms with Crippen LogP contribution < -0.4 is 0 Å². The second-order valence-corrected chi connectivity index (χ2v) is 4.90. The van der Waals surface area contributed by atoms with E-state index < -0.39 is 4.75 Å². The van der Waals surface area contributed by atoms with Crippen molar-refractivity contribution in [1.29, 1.82) is 5.26 Å². The molecule has 14 heavy (non-hydrogen) atoms. The molecule has 0 bridgehead atoms. The van der Waals surface area contributed by atoms with Crippen molar-refractivity contribution in [2.24, 2.45) is 0 Å². The van der Waals surface area contributed by atoms with Gasteiger partial charge in [0.2, 0.25) is 0 Å². The van der Waals surface area contributed by atoms with Gasteiger partial charge >= 0.3 is 0 Å². The molecule has 4 heteroatoms. The summed E-state index contributed by atoms with van der Waals surface area (Å²) in [5.74, 6) is 1.04. The normalized spacial score (nSPS) is 26.0. The standard InChI is InChI=1S/C10H11N3S/c1-8-5-9(13-12-6-8)10(7-11)3-2-4-14-10/h5-6H,2-4H2,1H3. The van der Waals surface area contributed by atoms with Crippen LogP contribution in [0.1, 0.15) is 24.1 Å². The Morgan fingerprint density at radius 3 is 3.07 bits per heavy atom. The first-order valence-electron chi connectivity index (χ1n) is 4.62. The minimum atomic E-state index is -0.432. The van der Waals surface area contributed by atoms with Gasteiger partial charge < -0.3 is 0 Å². The summed E-state index contributed by atoms with van der Waals surface area (Å²) in [6, 6.07) is 4.35. The Hall–Kier alpha value is -1.08. The third kappa shape index (κ3) is 1.48. The van der Waals surface area contributed by atoms with Crippen molar-refractivity contribution in [2.75, 3.05) is 5.75 Å². The van der Waals surface area contributed by atoms with E-state index in [1.54, 1.807) is 18.0 Å². The number of aromatic nitrogens is 2. The average molecular weight is 205 g/mol. The van der Waals surface area contributed by atoms with E-state index in [-0.39, 0.29) is 0 Å². The summed E-state index contributed by atoms with van der Waals surface area (Å²) in [7, 11) is 0. The molecule has 1 aliphatic rings. The van der Waals surface area contributed by atoms with Crippen LogP contribution in [0.4, 0.5) is 0 Å². The molecular weight excluding hydrogens is 194 g/mol. The van der Waals surface area contributed by atoms with Gasteiger partial charge in [-0.1, -0.05) is 0 Å². The Balaban J connectivity index is 2.42. The summed E-state index contributed by atoms with van der Waals surface area (Å²) in [4.78, 5) is 0. The number of aryl methyl sites for hydroxylation is 1. The van der Waals surface area contributed by atoms with E-state index in [1.807, 2.05) is 13.0 Å². The predicted molar refractivity (Wildman–Crippen MR) is 55.8 cm³/mol. The number of nitriles is 1. The Kier molecular flexibility index (Phi) is 2.42. The van der Waals surface area contributed by atoms with Crippen LogP contribution in [-0.2, 0) is 4.75 Å². The summed E-state index contributed by atoms with van der Waals surface area (Å²) in [5, 5.41) is 17.2. The SMILES string of the molecule is Cc1cnnc(C2(C#N)CCCS2)c1.